The summed E-state index contributed by atoms with van der Waals surface area (Å²) in [5.41, 5.74) is 0. The molecule has 0 fully saturated rings. The molecule has 1 aromatic heterocycles. The maximum absolute atomic E-state index is 6.02. The lowest BCUT2D eigenvalue weighted by atomic mass is 10.3. The molecule has 4 nitrogen and oxygen atoms in total. The van der Waals surface area contributed by atoms with Crippen molar-refractivity contribution in [1.29, 1.82) is 0 Å². The van der Waals surface area contributed by atoms with Crippen LogP contribution in [0.15, 0.2) is 24.4 Å². The molecule has 2 rings (SSSR count). The van der Waals surface area contributed by atoms with Crippen molar-refractivity contribution in [2.24, 2.45) is 0 Å². The highest BCUT2D eigenvalue weighted by Gasteiger charge is 2.09. The lowest BCUT2D eigenvalue weighted by Gasteiger charge is -2.09. The van der Waals surface area contributed by atoms with Crippen molar-refractivity contribution in [3.63, 3.8) is 0 Å². The second-order valence-corrected chi connectivity index (χ2v) is 5.26. The number of hydrogen-bond acceptors (Lipinski definition) is 4. The smallest absolute Gasteiger partial charge is 0.243 e. The van der Waals surface area contributed by atoms with Gasteiger partial charge in [-0.3, -0.25) is 0 Å². The fourth-order valence-electron chi connectivity index (χ4n) is 1.44. The summed E-state index contributed by atoms with van der Waals surface area (Å²) in [5.74, 6) is 1.17. The number of hydrogen-bond donors (Lipinski definition) is 1. The molecule has 2 aromatic rings. The lowest BCUT2D eigenvalue weighted by Crippen LogP contribution is -2.04. The number of benzene rings is 1. The molecule has 106 valence electrons. The monoisotopic (exact) mass is 331 g/mol. The zero-order valence-electron chi connectivity index (χ0n) is 10.7. The van der Waals surface area contributed by atoms with E-state index in [1.54, 1.807) is 18.2 Å². The van der Waals surface area contributed by atoms with Crippen molar-refractivity contribution in [1.82, 2.24) is 9.97 Å². The van der Waals surface area contributed by atoms with Crippen LogP contribution < -0.4 is 10.1 Å². The zero-order chi connectivity index (χ0) is 14.5. The third kappa shape index (κ3) is 4.13. The highest BCUT2D eigenvalue weighted by molar-refractivity contribution is 6.34. The Kier molecular flexibility index (Phi) is 5.29. The van der Waals surface area contributed by atoms with Crippen molar-refractivity contribution in [2.45, 2.75) is 13.3 Å². The molecule has 1 aromatic carbocycles. The van der Waals surface area contributed by atoms with Gasteiger partial charge in [-0.05, 0) is 24.6 Å². The van der Waals surface area contributed by atoms with Crippen molar-refractivity contribution in [2.75, 3.05) is 11.9 Å². The minimum Gasteiger partial charge on any atom is -0.437 e. The Morgan fingerprint density at radius 1 is 1.15 bits per heavy atom. The van der Waals surface area contributed by atoms with Gasteiger partial charge in [-0.1, -0.05) is 41.7 Å². The van der Waals surface area contributed by atoms with Crippen molar-refractivity contribution in [3.05, 3.63) is 39.5 Å². The average molecular weight is 333 g/mol. The number of anilines is 1. The van der Waals surface area contributed by atoms with E-state index in [9.17, 15) is 0 Å². The Morgan fingerprint density at radius 2 is 1.85 bits per heavy atom. The second-order valence-electron chi connectivity index (χ2n) is 3.98. The van der Waals surface area contributed by atoms with Crippen LogP contribution in [-0.2, 0) is 0 Å². The molecule has 1 N–H and O–H groups in total. The Labute approximate surface area is 132 Å². The van der Waals surface area contributed by atoms with E-state index >= 15 is 0 Å². The molecule has 0 aliphatic heterocycles. The molecule has 0 atom stereocenters. The molecule has 0 amide bonds. The van der Waals surface area contributed by atoms with Crippen LogP contribution in [0.1, 0.15) is 13.3 Å². The standard InChI is InChI=1S/C13H12Cl3N3O/c1-2-3-17-13-18-7-11(16)12(19-13)20-10-5-8(14)4-9(15)6-10/h4-7H,2-3H2,1H3,(H,17,18,19). The van der Waals surface area contributed by atoms with E-state index in [0.29, 0.717) is 26.8 Å². The largest absolute Gasteiger partial charge is 0.437 e. The maximum atomic E-state index is 6.02. The van der Waals surface area contributed by atoms with Gasteiger partial charge >= 0.3 is 0 Å². The number of ether oxygens (including phenoxy) is 1. The molecule has 0 aliphatic rings. The molecule has 7 heteroatoms. The summed E-state index contributed by atoms with van der Waals surface area (Å²) < 4.78 is 5.60. The average Bonchev–Trinajstić information content (AvgIpc) is 2.38. The summed E-state index contributed by atoms with van der Waals surface area (Å²) in [4.78, 5) is 8.27. The van der Waals surface area contributed by atoms with Crippen LogP contribution in [-0.4, -0.2) is 16.5 Å². The summed E-state index contributed by atoms with van der Waals surface area (Å²) in [6.45, 7) is 2.82. The first-order chi connectivity index (χ1) is 9.58. The van der Waals surface area contributed by atoms with E-state index in [-0.39, 0.29) is 5.88 Å². The van der Waals surface area contributed by atoms with Gasteiger partial charge in [-0.2, -0.15) is 4.98 Å². The van der Waals surface area contributed by atoms with Gasteiger partial charge in [0, 0.05) is 16.6 Å². The first kappa shape index (κ1) is 15.2. The van der Waals surface area contributed by atoms with Gasteiger partial charge in [-0.15, -0.1) is 0 Å². The first-order valence-electron chi connectivity index (χ1n) is 5.99. The van der Waals surface area contributed by atoms with E-state index in [4.69, 9.17) is 39.5 Å². The highest BCUT2D eigenvalue weighted by Crippen LogP contribution is 2.31. The van der Waals surface area contributed by atoms with Gasteiger partial charge < -0.3 is 10.1 Å². The Bertz CT molecular complexity index is 587. The number of nitrogens with zero attached hydrogens (tertiary/aromatic N) is 2. The van der Waals surface area contributed by atoms with Crippen LogP contribution in [0.5, 0.6) is 11.6 Å². The van der Waals surface area contributed by atoms with Crippen LogP contribution in [0.2, 0.25) is 15.1 Å². The van der Waals surface area contributed by atoms with Crippen LogP contribution >= 0.6 is 34.8 Å². The van der Waals surface area contributed by atoms with E-state index in [1.165, 1.54) is 6.20 Å². The quantitative estimate of drug-likeness (QED) is 0.832. The third-order valence-corrected chi connectivity index (χ3v) is 2.99. The fourth-order valence-corrected chi connectivity index (χ4v) is 2.08. The molecule has 0 radical (unpaired) electrons. The van der Waals surface area contributed by atoms with Crippen LogP contribution in [0.3, 0.4) is 0 Å². The Balaban J connectivity index is 2.23. The topological polar surface area (TPSA) is 47.0 Å². The predicted octanol–water partition coefficient (Wildman–Crippen LogP) is 5.05. The van der Waals surface area contributed by atoms with Crippen LogP contribution in [0, 0.1) is 0 Å². The molecule has 0 saturated carbocycles. The molecule has 0 aliphatic carbocycles. The number of halogens is 3. The SMILES string of the molecule is CCCNc1ncc(Cl)c(Oc2cc(Cl)cc(Cl)c2)n1. The minimum absolute atomic E-state index is 0.249. The summed E-state index contributed by atoms with van der Waals surface area (Å²) in [6, 6.07) is 4.88. The van der Waals surface area contributed by atoms with Gasteiger partial charge in [0.2, 0.25) is 11.8 Å². The molecular weight excluding hydrogens is 321 g/mol. The van der Waals surface area contributed by atoms with E-state index < -0.39 is 0 Å². The summed E-state index contributed by atoms with van der Waals surface area (Å²) >= 11 is 17.8. The molecule has 0 spiro atoms. The van der Waals surface area contributed by atoms with Crippen molar-refractivity contribution in [3.8, 4) is 11.6 Å². The molecule has 1 heterocycles. The maximum Gasteiger partial charge on any atom is 0.243 e. The number of aromatic nitrogens is 2. The normalized spacial score (nSPS) is 10.4. The van der Waals surface area contributed by atoms with Crippen molar-refractivity contribution >= 4 is 40.8 Å². The second kappa shape index (κ2) is 6.97. The molecule has 0 unspecified atom stereocenters. The molecule has 0 saturated heterocycles. The van der Waals surface area contributed by atoms with Gasteiger partial charge in [0.25, 0.3) is 0 Å². The Morgan fingerprint density at radius 3 is 2.50 bits per heavy atom. The van der Waals surface area contributed by atoms with E-state index in [0.717, 1.165) is 13.0 Å². The minimum atomic E-state index is 0.249. The molecular formula is C13H12Cl3N3O. The first-order valence-corrected chi connectivity index (χ1v) is 7.12. The molecule has 0 bridgehead atoms. The van der Waals surface area contributed by atoms with Gasteiger partial charge in [0.05, 0.1) is 6.20 Å². The lowest BCUT2D eigenvalue weighted by molar-refractivity contribution is 0.462. The number of nitrogens with one attached hydrogen (secondary N) is 1. The van der Waals surface area contributed by atoms with Gasteiger partial charge in [0.1, 0.15) is 10.8 Å². The van der Waals surface area contributed by atoms with Gasteiger partial charge in [-0.25, -0.2) is 4.98 Å². The van der Waals surface area contributed by atoms with Crippen LogP contribution in [0.4, 0.5) is 5.95 Å². The zero-order valence-corrected chi connectivity index (χ0v) is 12.9. The number of rotatable bonds is 5. The molecule has 20 heavy (non-hydrogen) atoms. The predicted molar refractivity (Wildman–Crippen MR) is 82.4 cm³/mol. The summed E-state index contributed by atoms with van der Waals surface area (Å²) in [7, 11) is 0. The van der Waals surface area contributed by atoms with Crippen LogP contribution in [0.25, 0.3) is 0 Å². The summed E-state index contributed by atoms with van der Waals surface area (Å²) in [5, 5.41) is 4.31. The van der Waals surface area contributed by atoms with E-state index in [1.807, 2.05) is 6.92 Å². The summed E-state index contributed by atoms with van der Waals surface area (Å²) in [6.07, 6.45) is 2.44. The van der Waals surface area contributed by atoms with Gasteiger partial charge in [0.15, 0.2) is 0 Å². The third-order valence-electron chi connectivity index (χ3n) is 2.30. The van der Waals surface area contributed by atoms with Crippen molar-refractivity contribution < 1.29 is 4.74 Å². The van der Waals surface area contributed by atoms with E-state index in [2.05, 4.69) is 15.3 Å². The fraction of sp³-hybridized carbons (Fsp3) is 0.231. The Hall–Kier alpha value is -1.23. The highest BCUT2D eigenvalue weighted by atomic mass is 35.5.